The van der Waals surface area contributed by atoms with E-state index in [1.54, 1.807) is 76.5 Å². The molecule has 378 valence electrons. The predicted octanol–water partition coefficient (Wildman–Crippen LogP) is 6.13. The smallest absolute Gasteiger partial charge is 0.441 e. The molecule has 0 aliphatic heterocycles. The SMILES string of the molecule is CC(=O)NC12CC(C(=O)Nc3ccc(-c4c(NC(=O)O[C@H](C)c5cccnc5Cl)[n+](C)nn4-c4ccc([C@@H](C)OC(=O)Nc5c(-c6ccc(NC(=O)C7CC(NC8CC8)C7)cn6)nnn5C)c(Cl)n4)nc3)(C1)C2. The molecule has 0 unspecified atom stereocenters. The van der Waals surface area contributed by atoms with Crippen LogP contribution in [0.5, 0.6) is 0 Å². The highest BCUT2D eigenvalue weighted by atomic mass is 35.5. The molecule has 0 spiro atoms. The number of ether oxygens (including phenoxy) is 2. The van der Waals surface area contributed by atoms with Crippen molar-refractivity contribution >= 4 is 76.1 Å². The zero-order valence-electron chi connectivity index (χ0n) is 40.3. The van der Waals surface area contributed by atoms with Crippen LogP contribution in [0.3, 0.4) is 0 Å². The van der Waals surface area contributed by atoms with Gasteiger partial charge >= 0.3 is 12.2 Å². The topological polar surface area (TPSA) is 280 Å². The number of nitrogens with one attached hydrogen (secondary N) is 6. The lowest BCUT2D eigenvalue weighted by Crippen LogP contribution is -2.77. The quantitative estimate of drug-likeness (QED) is 0.0470. The fourth-order valence-corrected chi connectivity index (χ4v) is 10.3. The van der Waals surface area contributed by atoms with Gasteiger partial charge in [0.25, 0.3) is 5.82 Å². The summed E-state index contributed by atoms with van der Waals surface area (Å²) in [5.74, 6) is 0.193. The minimum absolute atomic E-state index is 0.0239. The van der Waals surface area contributed by atoms with Gasteiger partial charge in [0, 0.05) is 60.0 Å². The molecule has 0 aromatic carbocycles. The molecule has 5 saturated carbocycles. The number of amides is 5. The van der Waals surface area contributed by atoms with Gasteiger partial charge in [0.05, 0.1) is 41.9 Å². The van der Waals surface area contributed by atoms with Crippen LogP contribution < -0.4 is 36.6 Å². The molecule has 6 aromatic rings. The normalized spacial score (nSPS) is 21.2. The Kier molecular flexibility index (Phi) is 13.0. The Morgan fingerprint density at radius 2 is 1.45 bits per heavy atom. The van der Waals surface area contributed by atoms with Crippen LogP contribution in [0.15, 0.2) is 67.1 Å². The summed E-state index contributed by atoms with van der Waals surface area (Å²) in [5.41, 5.74) is 2.21. The molecule has 11 rings (SSSR count). The van der Waals surface area contributed by atoms with Crippen molar-refractivity contribution in [1.82, 2.24) is 55.5 Å². The summed E-state index contributed by atoms with van der Waals surface area (Å²) in [4.78, 5) is 82.6. The first kappa shape index (κ1) is 49.0. The molecule has 5 aliphatic rings. The number of hydrogen-bond acceptors (Lipinski definition) is 15. The van der Waals surface area contributed by atoms with Crippen LogP contribution in [0.1, 0.15) is 89.1 Å². The standard InChI is InChI=1S/C48H50Cl2N16O7/c1-24(32-7-6-16-51-39(32)49)72-46(71)59-42-38(35-14-11-30(20-53-35)56-44(69)47-21-48(22-47,23-47)60-26(3)67)66(63-65(42)5)36-15-12-33(40(50)57-36)25(2)73-45(70)58-41-37(61-62-64(41)4)34-13-10-29(19-52-34)55-43(68)27-17-31(18-27)54-28-8-9-28/h6-7,10-16,19-20,24-25,27-28,31,54,63H,8-9,17-18,21-23H2,1-5H3,(H3,52,53,55,56,58,59,60,61,62,67,68,69,70,71)/p+1/t24-,25-,27?,31?,47?,48?/m1/s1. The third kappa shape index (κ3) is 10.1. The number of carbonyl (C=O) groups is 5. The van der Waals surface area contributed by atoms with Crippen LogP contribution in [-0.4, -0.2) is 92.4 Å². The van der Waals surface area contributed by atoms with Gasteiger partial charge in [-0.2, -0.15) is 0 Å². The highest BCUT2D eigenvalue weighted by Gasteiger charge is 2.72. The summed E-state index contributed by atoms with van der Waals surface area (Å²) in [6, 6.07) is 14.3. The molecule has 6 N–H and O–H groups in total. The molecular formula is C48H51Cl2N16O7+. The Morgan fingerprint density at radius 1 is 0.795 bits per heavy atom. The summed E-state index contributed by atoms with van der Waals surface area (Å²) >= 11 is 13.1. The zero-order chi connectivity index (χ0) is 51.3. The number of halogens is 2. The van der Waals surface area contributed by atoms with Gasteiger partial charge in [-0.25, -0.2) is 29.6 Å². The van der Waals surface area contributed by atoms with E-state index in [0.29, 0.717) is 65.2 Å². The van der Waals surface area contributed by atoms with Gasteiger partial charge in [0.1, 0.15) is 28.2 Å². The maximum Gasteiger partial charge on any atom is 0.474 e. The van der Waals surface area contributed by atoms with Crippen LogP contribution in [0.2, 0.25) is 10.3 Å². The van der Waals surface area contributed by atoms with Gasteiger partial charge in [-0.15, -0.1) is 14.5 Å². The minimum atomic E-state index is -0.920. The summed E-state index contributed by atoms with van der Waals surface area (Å²) in [5, 5.41) is 31.0. The van der Waals surface area contributed by atoms with E-state index in [4.69, 9.17) is 32.7 Å². The second-order valence-corrected chi connectivity index (χ2v) is 19.9. The van der Waals surface area contributed by atoms with Gasteiger partial charge < -0.3 is 30.7 Å². The molecule has 5 amide bonds. The van der Waals surface area contributed by atoms with E-state index in [1.165, 1.54) is 52.4 Å². The van der Waals surface area contributed by atoms with Gasteiger partial charge in [-0.05, 0) is 101 Å². The molecule has 5 aliphatic carbocycles. The first-order valence-electron chi connectivity index (χ1n) is 23.7. The molecule has 23 nitrogen and oxygen atoms in total. The first-order valence-corrected chi connectivity index (χ1v) is 24.4. The van der Waals surface area contributed by atoms with E-state index in [2.05, 4.69) is 67.4 Å². The lowest BCUT2D eigenvalue weighted by molar-refractivity contribution is -0.718. The fraction of sp³-hybridized carbons (Fsp3) is 0.396. The van der Waals surface area contributed by atoms with Crippen molar-refractivity contribution in [3.05, 3.63) is 88.6 Å². The van der Waals surface area contributed by atoms with Crippen molar-refractivity contribution in [1.29, 1.82) is 0 Å². The van der Waals surface area contributed by atoms with Crippen LogP contribution in [0.4, 0.5) is 32.6 Å². The number of rotatable bonds is 16. The second kappa shape index (κ2) is 19.4. The Morgan fingerprint density at radius 3 is 2.08 bits per heavy atom. The number of nitrogens with zero attached hydrogens (tertiary/aromatic N) is 10. The largest absolute Gasteiger partial charge is 0.474 e. The van der Waals surface area contributed by atoms with Crippen molar-refractivity contribution < 1.29 is 38.1 Å². The van der Waals surface area contributed by atoms with E-state index < -0.39 is 29.8 Å². The molecule has 73 heavy (non-hydrogen) atoms. The predicted molar refractivity (Wildman–Crippen MR) is 264 cm³/mol. The Hall–Kier alpha value is -7.63. The molecule has 6 aromatic heterocycles. The van der Waals surface area contributed by atoms with Crippen LogP contribution >= 0.6 is 23.2 Å². The van der Waals surface area contributed by atoms with E-state index in [9.17, 15) is 24.0 Å². The van der Waals surface area contributed by atoms with Gasteiger partial charge in [-0.1, -0.05) is 34.5 Å². The van der Waals surface area contributed by atoms with Crippen molar-refractivity contribution in [2.45, 2.75) is 95.5 Å². The van der Waals surface area contributed by atoms with E-state index in [0.717, 1.165) is 12.8 Å². The summed E-state index contributed by atoms with van der Waals surface area (Å²) in [6.07, 6.45) is 6.90. The molecule has 0 saturated heterocycles. The minimum Gasteiger partial charge on any atom is -0.441 e. The van der Waals surface area contributed by atoms with Crippen molar-refractivity contribution in [2.24, 2.45) is 25.4 Å². The monoisotopic (exact) mass is 1030 g/mol. The Balaban J connectivity index is 0.829. The number of aryl methyl sites for hydroxylation is 2. The van der Waals surface area contributed by atoms with Gasteiger partial charge in [0.2, 0.25) is 29.2 Å². The molecule has 2 bridgehead atoms. The Labute approximate surface area is 427 Å². The van der Waals surface area contributed by atoms with Crippen molar-refractivity contribution in [3.8, 4) is 28.6 Å². The average Bonchev–Trinajstić information content (AvgIpc) is 3.99. The number of hydrogen-bond donors (Lipinski definition) is 6. The van der Waals surface area contributed by atoms with E-state index in [1.807, 2.05) is 0 Å². The highest BCUT2D eigenvalue weighted by Crippen LogP contribution is 2.67. The van der Waals surface area contributed by atoms with Crippen LogP contribution in [0.25, 0.3) is 28.6 Å². The number of pyridine rings is 4. The van der Waals surface area contributed by atoms with Crippen molar-refractivity contribution in [3.63, 3.8) is 0 Å². The number of aromatic nitrogens is 10. The average molecular weight is 1030 g/mol. The molecule has 5 fully saturated rings. The number of anilines is 4. The summed E-state index contributed by atoms with van der Waals surface area (Å²) < 4.78 is 15.6. The third-order valence-electron chi connectivity index (χ3n) is 13.6. The first-order chi connectivity index (χ1) is 34.9. The summed E-state index contributed by atoms with van der Waals surface area (Å²) in [6.45, 7) is 4.75. The van der Waals surface area contributed by atoms with Crippen LogP contribution in [-0.2, 0) is 38.0 Å². The fourth-order valence-electron chi connectivity index (χ4n) is 9.75. The third-order valence-corrected chi connectivity index (χ3v) is 14.2. The van der Waals surface area contributed by atoms with Gasteiger partial charge in [-0.3, -0.25) is 29.7 Å². The zero-order valence-corrected chi connectivity index (χ0v) is 41.8. The Bertz CT molecular complexity index is 3140. The molecular weight excluding hydrogens is 984 g/mol. The molecule has 25 heteroatoms. The van der Waals surface area contributed by atoms with Gasteiger partial charge in [0.15, 0.2) is 11.5 Å². The second-order valence-electron chi connectivity index (χ2n) is 19.2. The molecule has 0 radical (unpaired) electrons. The summed E-state index contributed by atoms with van der Waals surface area (Å²) in [7, 11) is 3.20. The van der Waals surface area contributed by atoms with Crippen LogP contribution in [0, 0.1) is 11.3 Å². The lowest BCUT2D eigenvalue weighted by atomic mass is 9.39. The maximum atomic E-state index is 13.5. The highest BCUT2D eigenvalue weighted by molar-refractivity contribution is 6.30. The lowest BCUT2D eigenvalue weighted by Gasteiger charge is -2.69. The molecule has 6 heterocycles. The van der Waals surface area contributed by atoms with Crippen molar-refractivity contribution in [2.75, 3.05) is 21.3 Å². The number of carbonyl (C=O) groups excluding carboxylic acids is 5. The maximum absolute atomic E-state index is 13.5. The van der Waals surface area contributed by atoms with E-state index >= 15 is 0 Å². The molecule has 2 atom stereocenters. The van der Waals surface area contributed by atoms with E-state index in [-0.39, 0.29) is 68.3 Å².